The van der Waals surface area contributed by atoms with Gasteiger partial charge in [0.25, 0.3) is 5.56 Å². The summed E-state index contributed by atoms with van der Waals surface area (Å²) in [5.74, 6) is 0. The van der Waals surface area contributed by atoms with E-state index in [0.29, 0.717) is 0 Å². The molecule has 0 saturated carbocycles. The summed E-state index contributed by atoms with van der Waals surface area (Å²) in [4.78, 5) is 11.9. The Kier molecular flexibility index (Phi) is 5.30. The maximum absolute atomic E-state index is 11.9. The van der Waals surface area contributed by atoms with Crippen molar-refractivity contribution in [1.82, 2.24) is 4.57 Å². The van der Waals surface area contributed by atoms with Gasteiger partial charge in [-0.25, -0.2) is 0 Å². The van der Waals surface area contributed by atoms with E-state index in [-0.39, 0.29) is 5.56 Å². The van der Waals surface area contributed by atoms with Gasteiger partial charge in [0.1, 0.15) is 0 Å². The highest BCUT2D eigenvalue weighted by Crippen LogP contribution is 2.11. The zero-order chi connectivity index (χ0) is 12.0. The molecule has 0 saturated heterocycles. The van der Waals surface area contributed by atoms with Gasteiger partial charge in [-0.05, 0) is 24.8 Å². The number of rotatable bonds is 6. The van der Waals surface area contributed by atoms with Crippen LogP contribution >= 0.6 is 0 Å². The minimum Gasteiger partial charge on any atom is -0.312 e. The van der Waals surface area contributed by atoms with Gasteiger partial charge in [-0.3, -0.25) is 4.79 Å². The van der Waals surface area contributed by atoms with Gasteiger partial charge in [0.15, 0.2) is 0 Å². The first-order chi connectivity index (χ1) is 7.74. The van der Waals surface area contributed by atoms with E-state index < -0.39 is 0 Å². The fourth-order valence-electron chi connectivity index (χ4n) is 2.08. The van der Waals surface area contributed by atoms with Crippen LogP contribution in [0.1, 0.15) is 51.3 Å². The summed E-state index contributed by atoms with van der Waals surface area (Å²) in [7, 11) is 0. The van der Waals surface area contributed by atoms with Crippen LogP contribution in [0.15, 0.2) is 16.9 Å². The molecular formula is C14H23NO. The zero-order valence-electron chi connectivity index (χ0n) is 10.8. The number of aromatic nitrogens is 1. The standard InChI is InChI=1S/C14H23NO/c1-4-7-11-15-13(8-5-2)12(6-3)9-10-14(15)16/h9-10H,4-8,11H2,1-3H3. The fourth-order valence-corrected chi connectivity index (χ4v) is 2.08. The van der Waals surface area contributed by atoms with Crippen molar-refractivity contribution < 1.29 is 0 Å². The maximum atomic E-state index is 11.9. The summed E-state index contributed by atoms with van der Waals surface area (Å²) in [5, 5.41) is 0. The molecule has 1 aromatic heterocycles. The number of unbranched alkanes of at least 4 members (excludes halogenated alkanes) is 1. The van der Waals surface area contributed by atoms with Crippen molar-refractivity contribution in [2.24, 2.45) is 0 Å². The van der Waals surface area contributed by atoms with Crippen molar-refractivity contribution in [2.75, 3.05) is 0 Å². The Morgan fingerprint density at radius 1 is 1.12 bits per heavy atom. The molecule has 0 fully saturated rings. The molecule has 0 unspecified atom stereocenters. The lowest BCUT2D eigenvalue weighted by Crippen LogP contribution is -2.24. The Morgan fingerprint density at radius 3 is 2.44 bits per heavy atom. The molecular weight excluding hydrogens is 198 g/mol. The third kappa shape index (κ3) is 2.97. The van der Waals surface area contributed by atoms with Gasteiger partial charge in [-0.15, -0.1) is 0 Å². The van der Waals surface area contributed by atoms with Crippen molar-refractivity contribution in [3.63, 3.8) is 0 Å². The number of hydrogen-bond donors (Lipinski definition) is 0. The summed E-state index contributed by atoms with van der Waals surface area (Å²) in [6.45, 7) is 7.36. The number of nitrogens with zero attached hydrogens (tertiary/aromatic N) is 1. The Morgan fingerprint density at radius 2 is 1.88 bits per heavy atom. The van der Waals surface area contributed by atoms with Gasteiger partial charge < -0.3 is 4.57 Å². The van der Waals surface area contributed by atoms with E-state index >= 15 is 0 Å². The molecule has 0 radical (unpaired) electrons. The van der Waals surface area contributed by atoms with Crippen molar-refractivity contribution in [1.29, 1.82) is 0 Å². The first kappa shape index (κ1) is 13.0. The van der Waals surface area contributed by atoms with Crippen LogP contribution in [0, 0.1) is 0 Å². The van der Waals surface area contributed by atoms with E-state index in [4.69, 9.17) is 0 Å². The molecule has 0 spiro atoms. The van der Waals surface area contributed by atoms with E-state index in [1.807, 2.05) is 10.6 Å². The van der Waals surface area contributed by atoms with E-state index in [0.717, 1.165) is 38.6 Å². The number of aryl methyl sites for hydroxylation is 1. The number of pyridine rings is 1. The highest BCUT2D eigenvalue weighted by Gasteiger charge is 2.07. The van der Waals surface area contributed by atoms with Gasteiger partial charge in [0, 0.05) is 18.3 Å². The van der Waals surface area contributed by atoms with Crippen molar-refractivity contribution in [3.8, 4) is 0 Å². The molecule has 90 valence electrons. The van der Waals surface area contributed by atoms with E-state index in [2.05, 4.69) is 20.8 Å². The Hall–Kier alpha value is -1.05. The molecule has 1 heterocycles. The highest BCUT2D eigenvalue weighted by atomic mass is 16.1. The van der Waals surface area contributed by atoms with Crippen molar-refractivity contribution >= 4 is 0 Å². The van der Waals surface area contributed by atoms with Crippen LogP contribution in [0.2, 0.25) is 0 Å². The van der Waals surface area contributed by atoms with E-state index in [1.165, 1.54) is 11.3 Å². The normalized spacial score (nSPS) is 10.7. The SMILES string of the molecule is CCCCn1c(CCC)c(CC)ccc1=O. The number of hydrogen-bond acceptors (Lipinski definition) is 1. The summed E-state index contributed by atoms with van der Waals surface area (Å²) >= 11 is 0. The first-order valence-electron chi connectivity index (χ1n) is 6.46. The molecule has 0 atom stereocenters. The lowest BCUT2D eigenvalue weighted by molar-refractivity contribution is 0.577. The topological polar surface area (TPSA) is 22.0 Å². The predicted molar refractivity (Wildman–Crippen MR) is 69.0 cm³/mol. The van der Waals surface area contributed by atoms with Crippen LogP contribution in [0.25, 0.3) is 0 Å². The van der Waals surface area contributed by atoms with Gasteiger partial charge in [-0.2, -0.15) is 0 Å². The van der Waals surface area contributed by atoms with Crippen LogP contribution in [0.5, 0.6) is 0 Å². The second-order valence-electron chi connectivity index (χ2n) is 4.25. The molecule has 0 amide bonds. The Labute approximate surface area is 98.3 Å². The van der Waals surface area contributed by atoms with Crippen molar-refractivity contribution in [3.05, 3.63) is 33.7 Å². The smallest absolute Gasteiger partial charge is 0.250 e. The van der Waals surface area contributed by atoms with Crippen molar-refractivity contribution in [2.45, 2.75) is 59.4 Å². The average Bonchev–Trinajstić information content (AvgIpc) is 2.29. The molecule has 1 rings (SSSR count). The molecule has 1 aromatic rings. The lowest BCUT2D eigenvalue weighted by atomic mass is 10.1. The molecule has 0 aromatic carbocycles. The fraction of sp³-hybridized carbons (Fsp3) is 0.643. The summed E-state index contributed by atoms with van der Waals surface area (Å²) in [5.41, 5.74) is 2.75. The van der Waals surface area contributed by atoms with E-state index in [1.54, 1.807) is 6.07 Å². The van der Waals surface area contributed by atoms with Gasteiger partial charge in [0.2, 0.25) is 0 Å². The first-order valence-corrected chi connectivity index (χ1v) is 6.46. The maximum Gasteiger partial charge on any atom is 0.250 e. The van der Waals surface area contributed by atoms with Crippen LogP contribution in [0.3, 0.4) is 0 Å². The molecule has 0 bridgehead atoms. The summed E-state index contributed by atoms with van der Waals surface area (Å²) in [6.07, 6.45) is 5.35. The largest absolute Gasteiger partial charge is 0.312 e. The summed E-state index contributed by atoms with van der Waals surface area (Å²) < 4.78 is 1.98. The van der Waals surface area contributed by atoms with Crippen LogP contribution in [-0.4, -0.2) is 4.57 Å². The van der Waals surface area contributed by atoms with Crippen LogP contribution in [-0.2, 0) is 19.4 Å². The second kappa shape index (κ2) is 6.51. The third-order valence-electron chi connectivity index (χ3n) is 2.99. The van der Waals surface area contributed by atoms with E-state index in [9.17, 15) is 4.79 Å². The average molecular weight is 221 g/mol. The Balaban J connectivity index is 3.13. The quantitative estimate of drug-likeness (QED) is 0.723. The zero-order valence-corrected chi connectivity index (χ0v) is 10.8. The molecule has 2 heteroatoms. The lowest BCUT2D eigenvalue weighted by Gasteiger charge is -2.15. The molecule has 0 aliphatic carbocycles. The summed E-state index contributed by atoms with van der Waals surface area (Å²) in [6, 6.07) is 3.71. The predicted octanol–water partition coefficient (Wildman–Crippen LogP) is 3.16. The monoisotopic (exact) mass is 221 g/mol. The second-order valence-corrected chi connectivity index (χ2v) is 4.25. The molecule has 16 heavy (non-hydrogen) atoms. The molecule has 0 aliphatic heterocycles. The third-order valence-corrected chi connectivity index (χ3v) is 2.99. The van der Waals surface area contributed by atoms with Gasteiger partial charge in [0.05, 0.1) is 0 Å². The van der Waals surface area contributed by atoms with Gasteiger partial charge in [-0.1, -0.05) is 39.7 Å². The Bertz CT molecular complexity index is 379. The van der Waals surface area contributed by atoms with Gasteiger partial charge >= 0.3 is 0 Å². The molecule has 0 aliphatic rings. The molecule has 2 nitrogen and oxygen atoms in total. The highest BCUT2D eigenvalue weighted by molar-refractivity contribution is 5.21. The minimum absolute atomic E-state index is 0.161. The minimum atomic E-state index is 0.161. The van der Waals surface area contributed by atoms with Crippen LogP contribution in [0.4, 0.5) is 0 Å². The van der Waals surface area contributed by atoms with Crippen LogP contribution < -0.4 is 5.56 Å². The molecule has 0 N–H and O–H groups in total.